The van der Waals surface area contributed by atoms with E-state index in [-0.39, 0.29) is 18.8 Å². The third-order valence-corrected chi connectivity index (χ3v) is 3.25. The molecule has 0 aromatic heterocycles. The van der Waals surface area contributed by atoms with Crippen molar-refractivity contribution in [3.63, 3.8) is 0 Å². The molecule has 0 aliphatic heterocycles. The van der Waals surface area contributed by atoms with Gasteiger partial charge in [0.05, 0.1) is 13.2 Å². The van der Waals surface area contributed by atoms with E-state index in [1.54, 1.807) is 6.92 Å². The highest BCUT2D eigenvalue weighted by molar-refractivity contribution is 7.47. The van der Waals surface area contributed by atoms with Crippen LogP contribution in [0.2, 0.25) is 0 Å². The predicted octanol–water partition coefficient (Wildman–Crippen LogP) is 3.76. The number of aliphatic carboxylic acids is 1. The molecule has 0 saturated heterocycles. The van der Waals surface area contributed by atoms with E-state index in [4.69, 9.17) is 19.0 Å². The number of rotatable bonds is 10. The maximum absolute atomic E-state index is 11.1. The van der Waals surface area contributed by atoms with Gasteiger partial charge in [-0.05, 0) is 19.3 Å². The minimum atomic E-state index is -3.75. The van der Waals surface area contributed by atoms with E-state index in [0.29, 0.717) is 6.42 Å². The molecule has 0 heterocycles. The van der Waals surface area contributed by atoms with Crippen LogP contribution in [0, 0.1) is 0 Å². The first-order chi connectivity index (χ1) is 9.30. The predicted molar refractivity (Wildman–Crippen MR) is 78.6 cm³/mol. The number of hydrogen-bond donors (Lipinski definition) is 2. The molecule has 0 aliphatic rings. The number of carbonyl (C=O) groups is 1. The molecule has 0 amide bonds. The smallest absolute Gasteiger partial charge is 0.472 e. The molecule has 0 radical (unpaired) electrons. The van der Waals surface area contributed by atoms with Crippen molar-refractivity contribution in [2.45, 2.75) is 52.9 Å². The standard InChI is InChI=1S/C8H19O4P.C5H8O2/c1-3-5-7-11-13(9,10)12-8-6-4-2;1-3-4(2)5(6)7/h3-8H2,1-2H3,(H,9,10);2-3H2,1H3,(H,6,7). The van der Waals surface area contributed by atoms with Crippen LogP contribution in [0.25, 0.3) is 0 Å². The average molecular weight is 310 g/mol. The highest BCUT2D eigenvalue weighted by Gasteiger charge is 2.19. The third-order valence-electron chi connectivity index (χ3n) is 2.23. The summed E-state index contributed by atoms with van der Waals surface area (Å²) in [5.41, 5.74) is 0.264. The van der Waals surface area contributed by atoms with Crippen molar-refractivity contribution < 1.29 is 28.4 Å². The van der Waals surface area contributed by atoms with Gasteiger partial charge in [0, 0.05) is 5.57 Å². The molecule has 6 nitrogen and oxygen atoms in total. The van der Waals surface area contributed by atoms with Crippen molar-refractivity contribution in [3.8, 4) is 0 Å². The topological polar surface area (TPSA) is 93.1 Å². The molecule has 20 heavy (non-hydrogen) atoms. The van der Waals surface area contributed by atoms with Crippen LogP contribution in [-0.4, -0.2) is 29.2 Å². The molecule has 0 unspecified atom stereocenters. The third kappa shape index (κ3) is 15.4. The van der Waals surface area contributed by atoms with Crippen LogP contribution in [0.1, 0.15) is 52.9 Å². The van der Waals surface area contributed by atoms with Crippen LogP contribution >= 0.6 is 7.82 Å². The number of phosphoric acid groups is 1. The molecule has 0 rings (SSSR count). The van der Waals surface area contributed by atoms with E-state index in [9.17, 15) is 9.36 Å². The first kappa shape index (κ1) is 21.6. The summed E-state index contributed by atoms with van der Waals surface area (Å²) >= 11 is 0. The zero-order chi connectivity index (χ0) is 16.0. The van der Waals surface area contributed by atoms with Gasteiger partial charge in [-0.25, -0.2) is 9.36 Å². The van der Waals surface area contributed by atoms with E-state index in [2.05, 4.69) is 6.58 Å². The zero-order valence-corrected chi connectivity index (χ0v) is 13.5. The monoisotopic (exact) mass is 310 g/mol. The fourth-order valence-electron chi connectivity index (χ4n) is 0.837. The molecule has 0 spiro atoms. The lowest BCUT2D eigenvalue weighted by molar-refractivity contribution is -0.132. The van der Waals surface area contributed by atoms with Crippen LogP contribution in [0.15, 0.2) is 12.2 Å². The molecular weight excluding hydrogens is 283 g/mol. The molecule has 0 aliphatic carbocycles. The van der Waals surface area contributed by atoms with Gasteiger partial charge in [0.25, 0.3) is 0 Å². The highest BCUT2D eigenvalue weighted by Crippen LogP contribution is 2.43. The number of carboxylic acid groups (broad SMARTS) is 1. The summed E-state index contributed by atoms with van der Waals surface area (Å²) in [6.07, 6.45) is 3.96. The SMILES string of the molecule is C=C(CC)C(=O)O.CCCCOP(=O)(O)OCCCC. The zero-order valence-electron chi connectivity index (χ0n) is 12.6. The Morgan fingerprint density at radius 1 is 1.10 bits per heavy atom. The first-order valence-corrected chi connectivity index (χ1v) is 8.33. The van der Waals surface area contributed by atoms with Gasteiger partial charge in [-0.2, -0.15) is 0 Å². The summed E-state index contributed by atoms with van der Waals surface area (Å²) in [6.45, 7) is 9.59. The van der Waals surface area contributed by atoms with E-state index >= 15 is 0 Å². The molecule has 0 aromatic carbocycles. The highest BCUT2D eigenvalue weighted by atomic mass is 31.2. The van der Waals surface area contributed by atoms with Crippen molar-refractivity contribution in [1.82, 2.24) is 0 Å². The Hall–Kier alpha value is -0.680. The number of hydrogen-bond acceptors (Lipinski definition) is 4. The van der Waals surface area contributed by atoms with Gasteiger partial charge in [-0.15, -0.1) is 0 Å². The minimum absolute atomic E-state index is 0.264. The van der Waals surface area contributed by atoms with Crippen LogP contribution in [0.4, 0.5) is 0 Å². The van der Waals surface area contributed by atoms with Crippen molar-refractivity contribution >= 4 is 13.8 Å². The van der Waals surface area contributed by atoms with E-state index in [1.807, 2.05) is 13.8 Å². The molecular formula is C13H27O6P. The molecule has 0 atom stereocenters. The van der Waals surface area contributed by atoms with Gasteiger partial charge >= 0.3 is 13.8 Å². The van der Waals surface area contributed by atoms with Crippen molar-refractivity contribution in [2.75, 3.05) is 13.2 Å². The Labute approximate surface area is 121 Å². The second kappa shape index (κ2) is 13.3. The van der Waals surface area contributed by atoms with Crippen LogP contribution < -0.4 is 0 Å². The quantitative estimate of drug-likeness (QED) is 0.362. The number of carboxylic acids is 1. The molecule has 0 saturated carbocycles. The van der Waals surface area contributed by atoms with Gasteiger partial charge < -0.3 is 10.00 Å². The largest absolute Gasteiger partial charge is 0.478 e. The molecule has 2 N–H and O–H groups in total. The van der Waals surface area contributed by atoms with Crippen LogP contribution in [0.3, 0.4) is 0 Å². The van der Waals surface area contributed by atoms with Crippen molar-refractivity contribution in [3.05, 3.63) is 12.2 Å². The van der Waals surface area contributed by atoms with Gasteiger partial charge in [0.15, 0.2) is 0 Å². The lowest BCUT2D eigenvalue weighted by Gasteiger charge is -2.10. The Morgan fingerprint density at radius 2 is 1.50 bits per heavy atom. The lowest BCUT2D eigenvalue weighted by atomic mass is 10.2. The molecule has 0 fully saturated rings. The summed E-state index contributed by atoms with van der Waals surface area (Å²) in [5.74, 6) is -0.900. The second-order valence-corrected chi connectivity index (χ2v) is 5.56. The maximum Gasteiger partial charge on any atom is 0.472 e. The van der Waals surface area contributed by atoms with Crippen LogP contribution in [0.5, 0.6) is 0 Å². The fraction of sp³-hybridized carbons (Fsp3) is 0.769. The minimum Gasteiger partial charge on any atom is -0.478 e. The molecule has 0 bridgehead atoms. The van der Waals surface area contributed by atoms with Gasteiger partial charge in [-0.3, -0.25) is 9.05 Å². The van der Waals surface area contributed by atoms with Crippen LogP contribution in [-0.2, 0) is 18.4 Å². The second-order valence-electron chi connectivity index (χ2n) is 4.10. The van der Waals surface area contributed by atoms with E-state index in [0.717, 1.165) is 25.7 Å². The fourth-order valence-corrected chi connectivity index (χ4v) is 1.63. The van der Waals surface area contributed by atoms with E-state index in [1.165, 1.54) is 0 Å². The Morgan fingerprint density at radius 3 is 1.70 bits per heavy atom. The number of unbranched alkanes of at least 4 members (excludes halogenated alkanes) is 2. The lowest BCUT2D eigenvalue weighted by Crippen LogP contribution is -1.98. The maximum atomic E-state index is 11.1. The Kier molecular flexibility index (Phi) is 14.4. The molecule has 120 valence electrons. The van der Waals surface area contributed by atoms with Crippen molar-refractivity contribution in [1.29, 1.82) is 0 Å². The summed E-state index contributed by atoms with van der Waals surface area (Å²) in [4.78, 5) is 18.9. The van der Waals surface area contributed by atoms with Gasteiger partial charge in [-0.1, -0.05) is 40.2 Å². The molecule has 0 aromatic rings. The normalized spacial score (nSPS) is 10.6. The summed E-state index contributed by atoms with van der Waals surface area (Å²) in [6, 6.07) is 0. The Balaban J connectivity index is 0. The summed E-state index contributed by atoms with van der Waals surface area (Å²) in [5, 5.41) is 8.08. The molecule has 7 heteroatoms. The number of phosphoric ester groups is 1. The van der Waals surface area contributed by atoms with Crippen molar-refractivity contribution in [2.24, 2.45) is 0 Å². The van der Waals surface area contributed by atoms with Gasteiger partial charge in [0.1, 0.15) is 0 Å². The first-order valence-electron chi connectivity index (χ1n) is 6.83. The Bertz CT molecular complexity index is 302. The van der Waals surface area contributed by atoms with E-state index < -0.39 is 13.8 Å². The summed E-state index contributed by atoms with van der Waals surface area (Å²) < 4.78 is 20.5. The average Bonchev–Trinajstić information content (AvgIpc) is 2.38. The summed E-state index contributed by atoms with van der Waals surface area (Å²) in [7, 11) is -3.75. The van der Waals surface area contributed by atoms with Gasteiger partial charge in [0.2, 0.25) is 0 Å².